The Hall–Kier alpha value is -2.95. The van der Waals surface area contributed by atoms with E-state index in [0.29, 0.717) is 6.54 Å². The molecule has 0 saturated carbocycles. The number of benzene rings is 2. The minimum Gasteiger partial charge on any atom is -0.330 e. The molecule has 1 heterocycles. The summed E-state index contributed by atoms with van der Waals surface area (Å²) in [5.41, 5.74) is 1.94. The minimum atomic E-state index is -0.283. The molecule has 128 valence electrons. The van der Waals surface area contributed by atoms with Gasteiger partial charge in [0.1, 0.15) is 12.4 Å². The van der Waals surface area contributed by atoms with E-state index in [-0.39, 0.29) is 24.3 Å². The molecule has 0 radical (unpaired) electrons. The first-order chi connectivity index (χ1) is 12.1. The second kappa shape index (κ2) is 7.75. The second-order valence-electron chi connectivity index (χ2n) is 5.94. The Balaban J connectivity index is 1.84. The molecule has 1 amide bonds. The first-order valence-electron chi connectivity index (χ1n) is 8.20. The van der Waals surface area contributed by atoms with Gasteiger partial charge >= 0.3 is 0 Å². The Kier molecular flexibility index (Phi) is 5.23. The van der Waals surface area contributed by atoms with Crippen molar-refractivity contribution >= 4 is 5.91 Å². The van der Waals surface area contributed by atoms with Crippen molar-refractivity contribution in [2.45, 2.75) is 26.1 Å². The second-order valence-corrected chi connectivity index (χ2v) is 5.94. The van der Waals surface area contributed by atoms with Gasteiger partial charge in [0, 0.05) is 18.9 Å². The van der Waals surface area contributed by atoms with E-state index in [9.17, 15) is 9.18 Å². The normalized spacial score (nSPS) is 11.9. The Morgan fingerprint density at radius 2 is 1.84 bits per heavy atom. The van der Waals surface area contributed by atoms with Crippen LogP contribution >= 0.6 is 0 Å². The maximum Gasteiger partial charge on any atom is 0.245 e. The average molecular weight is 337 g/mol. The first kappa shape index (κ1) is 16.9. The third kappa shape index (κ3) is 4.32. The number of rotatable bonds is 6. The van der Waals surface area contributed by atoms with Gasteiger partial charge in [-0.15, -0.1) is 0 Å². The van der Waals surface area contributed by atoms with Gasteiger partial charge in [0.05, 0.1) is 6.04 Å². The van der Waals surface area contributed by atoms with Gasteiger partial charge in [0.2, 0.25) is 5.91 Å². The zero-order valence-corrected chi connectivity index (χ0v) is 14.0. The summed E-state index contributed by atoms with van der Waals surface area (Å²) in [5, 5.41) is 4.11. The summed E-state index contributed by atoms with van der Waals surface area (Å²) >= 11 is 0. The van der Waals surface area contributed by atoms with Crippen molar-refractivity contribution in [2.75, 3.05) is 0 Å². The third-order valence-electron chi connectivity index (χ3n) is 4.19. The van der Waals surface area contributed by atoms with Crippen molar-refractivity contribution in [3.8, 4) is 0 Å². The zero-order valence-electron chi connectivity index (χ0n) is 14.0. The van der Waals surface area contributed by atoms with Gasteiger partial charge in [0.25, 0.3) is 0 Å². The fourth-order valence-corrected chi connectivity index (χ4v) is 2.76. The maximum absolute atomic E-state index is 13.2. The van der Waals surface area contributed by atoms with Gasteiger partial charge in [-0.1, -0.05) is 42.5 Å². The van der Waals surface area contributed by atoms with Crippen molar-refractivity contribution in [1.29, 1.82) is 0 Å². The molecule has 5 heteroatoms. The summed E-state index contributed by atoms with van der Waals surface area (Å²) in [7, 11) is 0. The highest BCUT2D eigenvalue weighted by molar-refractivity contribution is 5.76. The van der Waals surface area contributed by atoms with Crippen LogP contribution in [0.1, 0.15) is 24.1 Å². The number of hydrogen-bond acceptors (Lipinski definition) is 2. The van der Waals surface area contributed by atoms with Crippen LogP contribution in [-0.2, 0) is 17.9 Å². The zero-order chi connectivity index (χ0) is 17.6. The van der Waals surface area contributed by atoms with E-state index in [1.54, 1.807) is 40.2 Å². The van der Waals surface area contributed by atoms with Crippen molar-refractivity contribution in [2.24, 2.45) is 0 Å². The summed E-state index contributed by atoms with van der Waals surface area (Å²) in [6, 6.07) is 17.8. The SMILES string of the molecule is CC(c1ccccc1)N(Cc1ccc(F)cc1)C(=O)Cn1cccn1. The molecule has 0 bridgehead atoms. The van der Waals surface area contributed by atoms with E-state index in [4.69, 9.17) is 0 Å². The van der Waals surface area contributed by atoms with Gasteiger partial charge in [-0.25, -0.2) is 4.39 Å². The molecule has 1 unspecified atom stereocenters. The number of amides is 1. The van der Waals surface area contributed by atoms with E-state index in [2.05, 4.69) is 5.10 Å². The van der Waals surface area contributed by atoms with Crippen LogP contribution in [0.2, 0.25) is 0 Å². The van der Waals surface area contributed by atoms with E-state index in [1.165, 1.54) is 12.1 Å². The van der Waals surface area contributed by atoms with E-state index in [1.807, 2.05) is 37.3 Å². The van der Waals surface area contributed by atoms with Crippen molar-refractivity contribution in [3.63, 3.8) is 0 Å². The molecule has 0 saturated heterocycles. The lowest BCUT2D eigenvalue weighted by Gasteiger charge is -2.30. The van der Waals surface area contributed by atoms with Gasteiger partial charge in [0.15, 0.2) is 0 Å². The van der Waals surface area contributed by atoms with Crippen LogP contribution in [-0.4, -0.2) is 20.6 Å². The topological polar surface area (TPSA) is 38.1 Å². The molecule has 0 N–H and O–H groups in total. The summed E-state index contributed by atoms with van der Waals surface area (Å²) in [4.78, 5) is 14.7. The number of nitrogens with zero attached hydrogens (tertiary/aromatic N) is 3. The third-order valence-corrected chi connectivity index (χ3v) is 4.19. The Morgan fingerprint density at radius 3 is 2.48 bits per heavy atom. The van der Waals surface area contributed by atoms with Gasteiger partial charge in [-0.05, 0) is 36.2 Å². The highest BCUT2D eigenvalue weighted by Crippen LogP contribution is 2.23. The summed E-state index contributed by atoms with van der Waals surface area (Å²) < 4.78 is 14.8. The van der Waals surface area contributed by atoms with Crippen LogP contribution in [0.4, 0.5) is 4.39 Å². The van der Waals surface area contributed by atoms with Gasteiger partial charge < -0.3 is 4.90 Å². The van der Waals surface area contributed by atoms with Crippen LogP contribution in [0.3, 0.4) is 0 Å². The van der Waals surface area contributed by atoms with Crippen LogP contribution < -0.4 is 0 Å². The highest BCUT2D eigenvalue weighted by atomic mass is 19.1. The highest BCUT2D eigenvalue weighted by Gasteiger charge is 2.22. The van der Waals surface area contributed by atoms with Crippen LogP contribution in [0.5, 0.6) is 0 Å². The fourth-order valence-electron chi connectivity index (χ4n) is 2.76. The molecular formula is C20H20FN3O. The van der Waals surface area contributed by atoms with Crippen molar-refractivity contribution in [1.82, 2.24) is 14.7 Å². The number of hydrogen-bond donors (Lipinski definition) is 0. The predicted molar refractivity (Wildman–Crippen MR) is 94.0 cm³/mol. The molecule has 3 rings (SSSR count). The number of carbonyl (C=O) groups is 1. The lowest BCUT2D eigenvalue weighted by atomic mass is 10.1. The predicted octanol–water partition coefficient (Wildman–Crippen LogP) is 3.81. The average Bonchev–Trinajstić information content (AvgIpc) is 3.14. The number of halogens is 1. The smallest absolute Gasteiger partial charge is 0.245 e. The van der Waals surface area contributed by atoms with E-state index >= 15 is 0 Å². The molecule has 1 atom stereocenters. The summed E-state index contributed by atoms with van der Waals surface area (Å²) in [6.07, 6.45) is 3.42. The van der Waals surface area contributed by atoms with Crippen LogP contribution in [0, 0.1) is 5.82 Å². The summed E-state index contributed by atoms with van der Waals surface area (Å²) in [6.45, 7) is 2.58. The van der Waals surface area contributed by atoms with Gasteiger partial charge in [-0.2, -0.15) is 5.10 Å². The number of aromatic nitrogens is 2. The first-order valence-corrected chi connectivity index (χ1v) is 8.20. The molecule has 25 heavy (non-hydrogen) atoms. The maximum atomic E-state index is 13.2. The molecule has 1 aromatic heterocycles. The largest absolute Gasteiger partial charge is 0.330 e. The molecule has 2 aromatic carbocycles. The number of carbonyl (C=O) groups excluding carboxylic acids is 1. The van der Waals surface area contributed by atoms with Crippen molar-refractivity contribution in [3.05, 3.63) is 90.0 Å². The monoisotopic (exact) mass is 337 g/mol. The van der Waals surface area contributed by atoms with Crippen LogP contribution in [0.15, 0.2) is 73.1 Å². The Labute approximate surface area is 146 Å². The fraction of sp³-hybridized carbons (Fsp3) is 0.200. The lowest BCUT2D eigenvalue weighted by Crippen LogP contribution is -2.35. The van der Waals surface area contributed by atoms with E-state index < -0.39 is 0 Å². The van der Waals surface area contributed by atoms with E-state index in [0.717, 1.165) is 11.1 Å². The van der Waals surface area contributed by atoms with Crippen molar-refractivity contribution < 1.29 is 9.18 Å². The Morgan fingerprint density at radius 1 is 1.12 bits per heavy atom. The molecule has 0 fully saturated rings. The molecule has 0 aliphatic heterocycles. The van der Waals surface area contributed by atoms with Crippen LogP contribution in [0.25, 0.3) is 0 Å². The minimum absolute atomic E-state index is 0.0376. The lowest BCUT2D eigenvalue weighted by molar-refractivity contribution is -0.135. The molecule has 4 nitrogen and oxygen atoms in total. The molecule has 0 aliphatic carbocycles. The van der Waals surface area contributed by atoms with Gasteiger partial charge in [-0.3, -0.25) is 9.48 Å². The quantitative estimate of drug-likeness (QED) is 0.686. The standard InChI is InChI=1S/C20H20FN3O/c1-16(18-6-3-2-4-7-18)24(14-17-8-10-19(21)11-9-17)20(25)15-23-13-5-12-22-23/h2-13,16H,14-15H2,1H3. The molecule has 0 spiro atoms. The molecule has 3 aromatic rings. The Bertz CT molecular complexity index is 801. The molecule has 0 aliphatic rings. The molecular weight excluding hydrogens is 317 g/mol. The summed E-state index contributed by atoms with van der Waals surface area (Å²) in [5.74, 6) is -0.321.